The normalized spacial score (nSPS) is 20.2. The Balaban J connectivity index is 1.31. The fraction of sp³-hybridized carbons (Fsp3) is 0.488. The number of terminal acetylenes is 1. The summed E-state index contributed by atoms with van der Waals surface area (Å²) in [5, 5.41) is 20.7. The molecule has 2 aromatic carbocycles. The number of amides is 1. The molecule has 0 bridgehead atoms. The highest BCUT2D eigenvalue weighted by molar-refractivity contribution is 6.03. The molecule has 0 radical (unpaired) electrons. The van der Waals surface area contributed by atoms with E-state index in [1.807, 2.05) is 23.6 Å². The fourth-order valence-electron chi connectivity index (χ4n) is 8.13. The summed E-state index contributed by atoms with van der Waals surface area (Å²) in [6, 6.07) is 7.06. The maximum Gasteiger partial charge on any atom is 0.319 e. The standard InChI is InChI=1S/C41H44F3N7O3/c1-4-27-21-50(22-28(5-2)51(27)34(53)8-7-15-45)39-32-20-46-37(31-19-29(52)18-25-9-10-33(43)30(6-3)35(25)31)36(44)38(32)47-40(48-39)54-24-41(13-14-41)23-49-16-11-26(42)12-17-49/h3,9-10,18-20,26-28,52H,4-5,7-8,11-14,16-17,21-24H2,1-2H3. The van der Waals surface area contributed by atoms with E-state index in [1.54, 1.807) is 0 Å². The maximum atomic E-state index is 17.1. The van der Waals surface area contributed by atoms with Gasteiger partial charge in [0.15, 0.2) is 5.82 Å². The Morgan fingerprint density at radius 3 is 2.48 bits per heavy atom. The van der Waals surface area contributed by atoms with Crippen molar-refractivity contribution in [3.8, 4) is 41.4 Å². The monoisotopic (exact) mass is 739 g/mol. The molecular weight excluding hydrogens is 695 g/mol. The predicted molar refractivity (Wildman–Crippen MR) is 200 cm³/mol. The summed E-state index contributed by atoms with van der Waals surface area (Å²) in [7, 11) is 0. The number of ether oxygens (including phenoxy) is 1. The van der Waals surface area contributed by atoms with Gasteiger partial charge in [-0.15, -0.1) is 6.42 Å². The van der Waals surface area contributed by atoms with Crippen molar-refractivity contribution >= 4 is 33.4 Å². The van der Waals surface area contributed by atoms with Gasteiger partial charge in [0.2, 0.25) is 5.91 Å². The molecule has 10 nitrogen and oxygen atoms in total. The number of pyridine rings is 1. The van der Waals surface area contributed by atoms with Crippen LogP contribution in [0.5, 0.6) is 11.8 Å². The molecule has 2 atom stereocenters. The molecule has 1 amide bonds. The van der Waals surface area contributed by atoms with Crippen molar-refractivity contribution in [2.75, 3.05) is 44.2 Å². The number of carbonyl (C=O) groups is 1. The van der Waals surface area contributed by atoms with Gasteiger partial charge in [-0.1, -0.05) is 25.8 Å². The average molecular weight is 740 g/mol. The molecule has 1 N–H and O–H groups in total. The molecule has 4 heterocycles. The van der Waals surface area contributed by atoms with Gasteiger partial charge >= 0.3 is 6.01 Å². The zero-order chi connectivity index (χ0) is 38.1. The molecule has 1 aliphatic carbocycles. The number of nitriles is 1. The smallest absolute Gasteiger partial charge is 0.319 e. The van der Waals surface area contributed by atoms with Crippen LogP contribution in [0.25, 0.3) is 32.9 Å². The maximum absolute atomic E-state index is 17.1. The Morgan fingerprint density at radius 1 is 1.11 bits per heavy atom. The molecule has 3 aliphatic rings. The van der Waals surface area contributed by atoms with Crippen LogP contribution in [0.2, 0.25) is 0 Å². The van der Waals surface area contributed by atoms with E-state index < -0.39 is 17.8 Å². The minimum Gasteiger partial charge on any atom is -0.508 e. The van der Waals surface area contributed by atoms with Crippen molar-refractivity contribution < 1.29 is 27.8 Å². The van der Waals surface area contributed by atoms with Gasteiger partial charge in [0.1, 0.15) is 34.8 Å². The molecule has 2 saturated heterocycles. The third-order valence-corrected chi connectivity index (χ3v) is 11.3. The number of likely N-dealkylation sites (tertiary alicyclic amines) is 1. The zero-order valence-corrected chi connectivity index (χ0v) is 30.6. The van der Waals surface area contributed by atoms with Gasteiger partial charge in [-0.3, -0.25) is 9.78 Å². The largest absolute Gasteiger partial charge is 0.508 e. The van der Waals surface area contributed by atoms with Crippen LogP contribution in [0.1, 0.15) is 70.8 Å². The Kier molecular flexibility index (Phi) is 10.5. The van der Waals surface area contributed by atoms with Gasteiger partial charge in [-0.05, 0) is 62.1 Å². The van der Waals surface area contributed by atoms with Crippen LogP contribution in [0, 0.1) is 40.7 Å². The number of nitrogens with zero attached hydrogens (tertiary/aromatic N) is 7. The number of piperidine rings is 1. The third-order valence-electron chi connectivity index (χ3n) is 11.3. The van der Waals surface area contributed by atoms with E-state index in [-0.39, 0.29) is 75.7 Å². The summed E-state index contributed by atoms with van der Waals surface area (Å²) in [5.74, 6) is 1.04. The quantitative estimate of drug-likeness (QED) is 0.164. The number of anilines is 1. The number of rotatable bonds is 11. The summed E-state index contributed by atoms with van der Waals surface area (Å²) in [5.41, 5.74) is -0.369. The molecule has 7 rings (SSSR count). The number of halogens is 3. The molecule has 282 valence electrons. The van der Waals surface area contributed by atoms with E-state index in [0.717, 1.165) is 19.4 Å². The number of piperazine rings is 1. The van der Waals surface area contributed by atoms with Crippen molar-refractivity contribution in [3.05, 3.63) is 47.7 Å². The van der Waals surface area contributed by atoms with Crippen LogP contribution in [-0.2, 0) is 4.79 Å². The van der Waals surface area contributed by atoms with E-state index >= 15 is 4.39 Å². The second-order valence-corrected chi connectivity index (χ2v) is 14.9. The number of aromatic hydroxyl groups is 1. The highest BCUT2D eigenvalue weighted by atomic mass is 19.1. The second-order valence-electron chi connectivity index (χ2n) is 14.9. The van der Waals surface area contributed by atoms with Crippen molar-refractivity contribution in [2.24, 2.45) is 5.41 Å². The van der Waals surface area contributed by atoms with Gasteiger partial charge in [0.05, 0.1) is 23.6 Å². The minimum absolute atomic E-state index is 0.0213. The first kappa shape index (κ1) is 37.2. The number of benzene rings is 2. The predicted octanol–water partition coefficient (Wildman–Crippen LogP) is 6.91. The van der Waals surface area contributed by atoms with Crippen LogP contribution in [0.3, 0.4) is 0 Å². The molecular formula is C41H44F3N7O3. The first-order valence-corrected chi connectivity index (χ1v) is 18.8. The first-order valence-electron chi connectivity index (χ1n) is 18.8. The zero-order valence-electron chi connectivity index (χ0n) is 30.6. The van der Waals surface area contributed by atoms with Crippen LogP contribution in [0.4, 0.5) is 19.0 Å². The number of fused-ring (bicyclic) bond motifs is 2. The molecule has 2 aliphatic heterocycles. The Bertz CT molecular complexity index is 2140. The van der Waals surface area contributed by atoms with Gasteiger partial charge in [0.25, 0.3) is 0 Å². The summed E-state index contributed by atoms with van der Waals surface area (Å²) < 4.78 is 52.3. The van der Waals surface area contributed by atoms with E-state index in [0.29, 0.717) is 75.1 Å². The highest BCUT2D eigenvalue weighted by Gasteiger charge is 2.45. The molecule has 13 heteroatoms. The van der Waals surface area contributed by atoms with E-state index in [9.17, 15) is 18.7 Å². The average Bonchev–Trinajstić information content (AvgIpc) is 3.95. The Morgan fingerprint density at radius 2 is 1.83 bits per heavy atom. The highest BCUT2D eigenvalue weighted by Crippen LogP contribution is 2.47. The lowest BCUT2D eigenvalue weighted by atomic mass is 9.95. The first-order chi connectivity index (χ1) is 26.1. The summed E-state index contributed by atoms with van der Waals surface area (Å²) >= 11 is 0. The molecule has 54 heavy (non-hydrogen) atoms. The molecule has 2 aromatic heterocycles. The third kappa shape index (κ3) is 7.22. The summed E-state index contributed by atoms with van der Waals surface area (Å²) in [4.78, 5) is 33.5. The van der Waals surface area contributed by atoms with Gasteiger partial charge in [0, 0.05) is 80.2 Å². The van der Waals surface area contributed by atoms with Crippen LogP contribution < -0.4 is 9.64 Å². The molecule has 2 unspecified atom stereocenters. The van der Waals surface area contributed by atoms with Gasteiger partial charge < -0.3 is 24.5 Å². The van der Waals surface area contributed by atoms with Crippen LogP contribution in [0.15, 0.2) is 30.5 Å². The second kappa shape index (κ2) is 15.3. The van der Waals surface area contributed by atoms with Crippen LogP contribution >= 0.6 is 0 Å². The lowest BCUT2D eigenvalue weighted by molar-refractivity contribution is -0.137. The fourth-order valence-corrected chi connectivity index (χ4v) is 8.13. The lowest BCUT2D eigenvalue weighted by Crippen LogP contribution is -2.60. The van der Waals surface area contributed by atoms with Gasteiger partial charge in [-0.2, -0.15) is 15.2 Å². The van der Waals surface area contributed by atoms with E-state index in [2.05, 4.69) is 26.9 Å². The minimum atomic E-state index is -0.820. The number of phenolic OH excluding ortho intramolecular Hbond substituents is 1. The topological polar surface area (TPSA) is 119 Å². The molecule has 4 aromatic rings. The summed E-state index contributed by atoms with van der Waals surface area (Å²) in [6.07, 6.45) is 10.9. The number of phenols is 1. The van der Waals surface area contributed by atoms with Crippen molar-refractivity contribution in [3.63, 3.8) is 0 Å². The van der Waals surface area contributed by atoms with Crippen molar-refractivity contribution in [1.29, 1.82) is 5.26 Å². The SMILES string of the molecule is C#Cc1c(F)ccc2cc(O)cc(-c3ncc4c(N5CC(CC)N(C(=O)CCC#N)C(CC)C5)nc(OCC5(CN6CCC(F)CC6)CC5)nc4c3F)c12. The number of hydrogen-bond donors (Lipinski definition) is 1. The molecule has 1 saturated carbocycles. The lowest BCUT2D eigenvalue weighted by Gasteiger charge is -2.47. The van der Waals surface area contributed by atoms with Crippen molar-refractivity contribution in [1.82, 2.24) is 24.8 Å². The Hall–Kier alpha value is -5.14. The molecule has 0 spiro atoms. The number of aromatic nitrogens is 3. The Labute approximate surface area is 312 Å². The van der Waals surface area contributed by atoms with Crippen molar-refractivity contribution in [2.45, 2.75) is 83.5 Å². The number of alkyl halides is 1. The summed E-state index contributed by atoms with van der Waals surface area (Å²) in [6.45, 7) is 7.25. The van der Waals surface area contributed by atoms with E-state index in [4.69, 9.17) is 21.4 Å². The molecule has 3 fully saturated rings. The number of carbonyl (C=O) groups excluding carboxylic acids is 1. The van der Waals surface area contributed by atoms with E-state index in [1.165, 1.54) is 30.5 Å². The van der Waals surface area contributed by atoms with Crippen LogP contribution in [-0.4, -0.2) is 93.4 Å². The number of hydrogen-bond acceptors (Lipinski definition) is 9. The van der Waals surface area contributed by atoms with Gasteiger partial charge in [-0.25, -0.2) is 13.2 Å².